The zero-order valence-corrected chi connectivity index (χ0v) is 11.4. The second kappa shape index (κ2) is 4.58. The van der Waals surface area contributed by atoms with Crippen LogP contribution in [0.25, 0.3) is 5.69 Å². The van der Waals surface area contributed by atoms with Gasteiger partial charge in [-0.1, -0.05) is 0 Å². The molecule has 1 heterocycles. The summed E-state index contributed by atoms with van der Waals surface area (Å²) in [6.45, 7) is 0. The van der Waals surface area contributed by atoms with Gasteiger partial charge in [0.05, 0.1) is 17.6 Å². The van der Waals surface area contributed by atoms with Crippen molar-refractivity contribution in [1.29, 1.82) is 5.26 Å². The van der Waals surface area contributed by atoms with Gasteiger partial charge in [-0.05, 0) is 59.8 Å². The van der Waals surface area contributed by atoms with Crippen LogP contribution >= 0.6 is 15.9 Å². The summed E-state index contributed by atoms with van der Waals surface area (Å²) in [7, 11) is 0. The van der Waals surface area contributed by atoms with Crippen LogP contribution in [0.1, 0.15) is 29.8 Å². The number of halogens is 1. The molecule has 0 radical (unpaired) electrons. The molecule has 0 amide bonds. The molecule has 0 fully saturated rings. The van der Waals surface area contributed by atoms with Crippen LogP contribution in [0.15, 0.2) is 29.0 Å². The minimum Gasteiger partial charge on any atom is -0.303 e. The van der Waals surface area contributed by atoms with E-state index in [0.717, 1.165) is 23.0 Å². The van der Waals surface area contributed by atoms with Crippen LogP contribution in [0.4, 0.5) is 0 Å². The van der Waals surface area contributed by atoms with Crippen molar-refractivity contribution in [3.63, 3.8) is 0 Å². The van der Waals surface area contributed by atoms with Gasteiger partial charge in [-0.25, -0.2) is 4.98 Å². The number of hydrogen-bond donors (Lipinski definition) is 0. The molecule has 1 aliphatic rings. The largest absolute Gasteiger partial charge is 0.303 e. The van der Waals surface area contributed by atoms with E-state index in [2.05, 4.69) is 31.6 Å². The summed E-state index contributed by atoms with van der Waals surface area (Å²) in [6, 6.07) is 7.95. The van der Waals surface area contributed by atoms with Gasteiger partial charge >= 0.3 is 0 Å². The van der Waals surface area contributed by atoms with Gasteiger partial charge in [0.1, 0.15) is 6.07 Å². The fourth-order valence-electron chi connectivity index (χ4n) is 2.44. The number of hydrogen-bond acceptors (Lipinski definition) is 2. The monoisotopic (exact) mass is 301 g/mol. The van der Waals surface area contributed by atoms with Crippen molar-refractivity contribution in [2.45, 2.75) is 25.7 Å². The van der Waals surface area contributed by atoms with Crippen molar-refractivity contribution in [3.8, 4) is 11.8 Å². The Morgan fingerprint density at radius 3 is 2.89 bits per heavy atom. The van der Waals surface area contributed by atoms with Crippen molar-refractivity contribution < 1.29 is 0 Å². The lowest BCUT2D eigenvalue weighted by Gasteiger charge is -2.14. The van der Waals surface area contributed by atoms with E-state index < -0.39 is 0 Å². The molecular weight excluding hydrogens is 290 g/mol. The van der Waals surface area contributed by atoms with E-state index in [0.29, 0.717) is 5.56 Å². The Balaban J connectivity index is 2.08. The van der Waals surface area contributed by atoms with Crippen molar-refractivity contribution in [2.75, 3.05) is 0 Å². The lowest BCUT2D eigenvalue weighted by Crippen LogP contribution is -2.06. The van der Waals surface area contributed by atoms with Crippen LogP contribution in [-0.2, 0) is 12.8 Å². The summed E-state index contributed by atoms with van der Waals surface area (Å²) in [5, 5.41) is 8.93. The molecule has 0 spiro atoms. The summed E-state index contributed by atoms with van der Waals surface area (Å²) in [5.41, 5.74) is 4.27. The van der Waals surface area contributed by atoms with Crippen molar-refractivity contribution >= 4 is 15.9 Å². The maximum atomic E-state index is 8.93. The first kappa shape index (κ1) is 11.5. The van der Waals surface area contributed by atoms with Crippen molar-refractivity contribution in [1.82, 2.24) is 9.55 Å². The standard InChI is InChI=1S/C14H12BrN3/c15-12-7-11(6-5-10(12)8-16)18-9-17-13-3-1-2-4-14(13)18/h5-7,9H,1-4H2. The Hall–Kier alpha value is -1.60. The molecule has 2 aromatic rings. The highest BCUT2D eigenvalue weighted by Gasteiger charge is 2.16. The van der Waals surface area contributed by atoms with Gasteiger partial charge in [0, 0.05) is 15.9 Å². The number of fused-ring (bicyclic) bond motifs is 1. The number of aryl methyl sites for hydroxylation is 1. The predicted molar refractivity (Wildman–Crippen MR) is 72.6 cm³/mol. The fourth-order valence-corrected chi connectivity index (χ4v) is 2.89. The van der Waals surface area contributed by atoms with E-state index in [1.165, 1.54) is 24.2 Å². The van der Waals surface area contributed by atoms with Crippen LogP contribution in [0.3, 0.4) is 0 Å². The van der Waals surface area contributed by atoms with Crippen LogP contribution in [0.2, 0.25) is 0 Å². The molecule has 0 unspecified atom stereocenters. The molecule has 0 N–H and O–H groups in total. The molecule has 1 aromatic carbocycles. The average Bonchev–Trinajstić information content (AvgIpc) is 2.82. The third kappa shape index (κ3) is 1.85. The zero-order valence-electron chi connectivity index (χ0n) is 9.86. The molecule has 0 saturated heterocycles. The number of benzene rings is 1. The van der Waals surface area contributed by atoms with Gasteiger partial charge in [0.2, 0.25) is 0 Å². The van der Waals surface area contributed by atoms with Gasteiger partial charge in [-0.2, -0.15) is 5.26 Å². The first-order chi connectivity index (χ1) is 8.79. The number of rotatable bonds is 1. The first-order valence-corrected chi connectivity index (χ1v) is 6.84. The molecule has 90 valence electrons. The minimum atomic E-state index is 0.660. The Labute approximate surface area is 114 Å². The van der Waals surface area contributed by atoms with Crippen LogP contribution in [-0.4, -0.2) is 9.55 Å². The van der Waals surface area contributed by atoms with E-state index in [9.17, 15) is 0 Å². The van der Waals surface area contributed by atoms with Crippen LogP contribution in [0, 0.1) is 11.3 Å². The van der Waals surface area contributed by atoms with E-state index in [-0.39, 0.29) is 0 Å². The summed E-state index contributed by atoms with van der Waals surface area (Å²) in [5.74, 6) is 0. The van der Waals surface area contributed by atoms with Crippen LogP contribution in [0.5, 0.6) is 0 Å². The molecule has 0 atom stereocenters. The van der Waals surface area contributed by atoms with Gasteiger partial charge in [0.15, 0.2) is 0 Å². The van der Waals surface area contributed by atoms with E-state index in [1.54, 1.807) is 0 Å². The zero-order chi connectivity index (χ0) is 12.5. The SMILES string of the molecule is N#Cc1ccc(-n2cnc3c2CCCC3)cc1Br. The van der Waals surface area contributed by atoms with E-state index >= 15 is 0 Å². The van der Waals surface area contributed by atoms with E-state index in [4.69, 9.17) is 5.26 Å². The molecule has 3 nitrogen and oxygen atoms in total. The molecule has 0 saturated carbocycles. The summed E-state index contributed by atoms with van der Waals surface area (Å²) < 4.78 is 2.97. The molecule has 3 rings (SSSR count). The fraction of sp³-hybridized carbons (Fsp3) is 0.286. The molecule has 1 aromatic heterocycles. The van der Waals surface area contributed by atoms with Crippen molar-refractivity contribution in [3.05, 3.63) is 46.0 Å². The molecular formula is C14H12BrN3. The summed E-state index contributed by atoms with van der Waals surface area (Å²) in [4.78, 5) is 4.49. The molecule has 0 aliphatic heterocycles. The Morgan fingerprint density at radius 1 is 1.28 bits per heavy atom. The highest BCUT2D eigenvalue weighted by Crippen LogP contribution is 2.25. The number of imidazole rings is 1. The number of nitriles is 1. The minimum absolute atomic E-state index is 0.660. The second-order valence-corrected chi connectivity index (χ2v) is 5.35. The molecule has 1 aliphatic carbocycles. The average molecular weight is 302 g/mol. The van der Waals surface area contributed by atoms with Crippen molar-refractivity contribution in [2.24, 2.45) is 0 Å². The molecule has 18 heavy (non-hydrogen) atoms. The first-order valence-electron chi connectivity index (χ1n) is 6.04. The Bertz CT molecular complexity index is 637. The highest BCUT2D eigenvalue weighted by molar-refractivity contribution is 9.10. The third-order valence-corrected chi connectivity index (χ3v) is 4.04. The number of aromatic nitrogens is 2. The van der Waals surface area contributed by atoms with Gasteiger partial charge < -0.3 is 4.57 Å². The lowest BCUT2D eigenvalue weighted by atomic mass is 10.0. The quantitative estimate of drug-likeness (QED) is 0.810. The van der Waals surface area contributed by atoms with Gasteiger partial charge in [-0.15, -0.1) is 0 Å². The summed E-state index contributed by atoms with van der Waals surface area (Å²) in [6.07, 6.45) is 6.54. The maximum absolute atomic E-state index is 8.93. The number of nitrogens with zero attached hydrogens (tertiary/aromatic N) is 3. The second-order valence-electron chi connectivity index (χ2n) is 4.49. The van der Waals surface area contributed by atoms with Gasteiger partial charge in [-0.3, -0.25) is 0 Å². The summed E-state index contributed by atoms with van der Waals surface area (Å²) >= 11 is 3.43. The normalized spacial score (nSPS) is 14.0. The van der Waals surface area contributed by atoms with Gasteiger partial charge in [0.25, 0.3) is 0 Å². The third-order valence-electron chi connectivity index (χ3n) is 3.38. The highest BCUT2D eigenvalue weighted by atomic mass is 79.9. The lowest BCUT2D eigenvalue weighted by molar-refractivity contribution is 0.656. The van der Waals surface area contributed by atoms with Crippen LogP contribution < -0.4 is 0 Å². The Morgan fingerprint density at radius 2 is 2.11 bits per heavy atom. The smallest absolute Gasteiger partial charge is 0.100 e. The molecule has 4 heteroatoms. The molecule has 0 bridgehead atoms. The maximum Gasteiger partial charge on any atom is 0.100 e. The predicted octanol–water partition coefficient (Wildman–Crippen LogP) is 3.39. The topological polar surface area (TPSA) is 41.6 Å². The Kier molecular flexibility index (Phi) is 2.92. The van der Waals surface area contributed by atoms with E-state index in [1.807, 2.05) is 24.5 Å².